The summed E-state index contributed by atoms with van der Waals surface area (Å²) < 4.78 is 16.5. The zero-order valence-corrected chi connectivity index (χ0v) is 20.6. The van der Waals surface area contributed by atoms with Crippen molar-refractivity contribution < 1.29 is 18.7 Å². The Morgan fingerprint density at radius 1 is 1.11 bits per heavy atom. The van der Waals surface area contributed by atoms with Gasteiger partial charge < -0.3 is 18.8 Å². The average molecular weight is 475 g/mol. The Hall–Kier alpha value is -3.25. The van der Waals surface area contributed by atoms with Gasteiger partial charge in [0.2, 0.25) is 0 Å². The number of ether oxygens (including phenoxy) is 2. The number of likely N-dealkylation sites (N-methyl/N-ethyl adjacent to an activating group) is 1. The molecule has 3 aromatic rings. The van der Waals surface area contributed by atoms with Crippen LogP contribution < -0.4 is 9.47 Å². The molecule has 2 aliphatic heterocycles. The Morgan fingerprint density at radius 2 is 1.97 bits per heavy atom. The SMILES string of the molecule is COc1cccc(CC(C2CCN(Cc3ccc4c(c3)CCO4)CC2)N(C)C(=O)c2ccco2)c1. The number of piperidine rings is 1. The number of benzene rings is 2. The first-order valence-corrected chi connectivity index (χ1v) is 12.5. The largest absolute Gasteiger partial charge is 0.497 e. The van der Waals surface area contributed by atoms with Crippen LogP contribution in [-0.2, 0) is 19.4 Å². The summed E-state index contributed by atoms with van der Waals surface area (Å²) in [6.45, 7) is 3.80. The van der Waals surface area contributed by atoms with Gasteiger partial charge in [0, 0.05) is 26.1 Å². The van der Waals surface area contributed by atoms with Crippen molar-refractivity contribution in [2.45, 2.75) is 38.3 Å². The normalized spacial score (nSPS) is 17.0. The molecule has 0 aliphatic carbocycles. The van der Waals surface area contributed by atoms with E-state index >= 15 is 0 Å². The minimum atomic E-state index is -0.0642. The van der Waals surface area contributed by atoms with Crippen LogP contribution in [0.15, 0.2) is 65.3 Å². The molecule has 184 valence electrons. The zero-order chi connectivity index (χ0) is 24.2. The molecule has 0 radical (unpaired) electrons. The second-order valence-corrected chi connectivity index (χ2v) is 9.67. The first-order chi connectivity index (χ1) is 17.1. The number of likely N-dealkylation sites (tertiary alicyclic amines) is 1. The van der Waals surface area contributed by atoms with E-state index in [4.69, 9.17) is 13.9 Å². The van der Waals surface area contributed by atoms with Crippen LogP contribution in [0.4, 0.5) is 0 Å². The van der Waals surface area contributed by atoms with E-state index in [0.717, 1.165) is 63.4 Å². The van der Waals surface area contributed by atoms with Gasteiger partial charge in [-0.3, -0.25) is 9.69 Å². The number of hydrogen-bond acceptors (Lipinski definition) is 5. The summed E-state index contributed by atoms with van der Waals surface area (Å²) in [4.78, 5) is 17.6. The lowest BCUT2D eigenvalue weighted by molar-refractivity contribution is 0.0556. The molecule has 0 saturated carbocycles. The molecule has 0 bridgehead atoms. The maximum absolute atomic E-state index is 13.2. The van der Waals surface area contributed by atoms with Crippen LogP contribution in [0.3, 0.4) is 0 Å². The van der Waals surface area contributed by atoms with Crippen LogP contribution in [0.2, 0.25) is 0 Å². The van der Waals surface area contributed by atoms with E-state index < -0.39 is 0 Å². The third-order valence-corrected chi connectivity index (χ3v) is 7.47. The Balaban J connectivity index is 1.27. The summed E-state index contributed by atoms with van der Waals surface area (Å²) in [6.07, 6.45) is 5.46. The Labute approximate surface area is 207 Å². The van der Waals surface area contributed by atoms with Crippen LogP contribution in [0.25, 0.3) is 0 Å². The lowest BCUT2D eigenvalue weighted by atomic mass is 9.84. The predicted octanol–water partition coefficient (Wildman–Crippen LogP) is 4.82. The molecule has 1 amide bonds. The molecule has 2 aliphatic rings. The average Bonchev–Trinajstić information content (AvgIpc) is 3.59. The molecule has 5 rings (SSSR count). The van der Waals surface area contributed by atoms with Gasteiger partial charge in [-0.1, -0.05) is 24.3 Å². The number of furan rings is 1. The van der Waals surface area contributed by atoms with Crippen molar-refractivity contribution in [3.63, 3.8) is 0 Å². The van der Waals surface area contributed by atoms with Gasteiger partial charge in [0.15, 0.2) is 5.76 Å². The standard InChI is InChI=1S/C29H34N2O4/c1-30(29(32)28-7-4-15-34-28)26(19-21-5-3-6-25(18-21)33-2)23-10-13-31(14-11-23)20-22-8-9-27-24(17-22)12-16-35-27/h3-9,15,17-18,23,26H,10-14,16,19-20H2,1-2H3. The molecule has 1 unspecified atom stereocenters. The van der Waals surface area contributed by atoms with Crippen LogP contribution in [0, 0.1) is 5.92 Å². The fourth-order valence-corrected chi connectivity index (χ4v) is 5.48. The lowest BCUT2D eigenvalue weighted by Crippen LogP contribution is -2.47. The minimum absolute atomic E-state index is 0.0642. The van der Waals surface area contributed by atoms with Crippen molar-refractivity contribution in [2.75, 3.05) is 33.9 Å². The van der Waals surface area contributed by atoms with E-state index in [1.54, 1.807) is 25.5 Å². The van der Waals surface area contributed by atoms with Gasteiger partial charge in [-0.15, -0.1) is 0 Å². The Morgan fingerprint density at radius 3 is 2.74 bits per heavy atom. The topological polar surface area (TPSA) is 55.2 Å². The number of carbonyl (C=O) groups excluding carboxylic acids is 1. The number of amides is 1. The fourth-order valence-electron chi connectivity index (χ4n) is 5.48. The molecule has 0 N–H and O–H groups in total. The third kappa shape index (κ3) is 5.38. The summed E-state index contributed by atoms with van der Waals surface area (Å²) in [5.41, 5.74) is 3.86. The van der Waals surface area contributed by atoms with Crippen LogP contribution in [-0.4, -0.2) is 55.6 Å². The second kappa shape index (κ2) is 10.6. The number of carbonyl (C=O) groups is 1. The molecule has 1 fully saturated rings. The summed E-state index contributed by atoms with van der Waals surface area (Å²) in [5, 5.41) is 0. The van der Waals surface area contributed by atoms with Gasteiger partial charge in [0.25, 0.3) is 5.91 Å². The van der Waals surface area contributed by atoms with Gasteiger partial charge in [-0.25, -0.2) is 0 Å². The third-order valence-electron chi connectivity index (χ3n) is 7.47. The summed E-state index contributed by atoms with van der Waals surface area (Å²) in [7, 11) is 3.60. The number of fused-ring (bicyclic) bond motifs is 1. The van der Waals surface area contributed by atoms with Crippen molar-refractivity contribution in [1.29, 1.82) is 0 Å². The second-order valence-electron chi connectivity index (χ2n) is 9.67. The van der Waals surface area contributed by atoms with E-state index in [1.165, 1.54) is 16.7 Å². The molecule has 6 nitrogen and oxygen atoms in total. The molecule has 6 heteroatoms. The zero-order valence-electron chi connectivity index (χ0n) is 20.6. The highest BCUT2D eigenvalue weighted by molar-refractivity contribution is 5.91. The first-order valence-electron chi connectivity index (χ1n) is 12.5. The lowest BCUT2D eigenvalue weighted by Gasteiger charge is -2.40. The first kappa shape index (κ1) is 23.5. The predicted molar refractivity (Wildman–Crippen MR) is 135 cm³/mol. The van der Waals surface area contributed by atoms with Crippen molar-refractivity contribution in [2.24, 2.45) is 5.92 Å². The van der Waals surface area contributed by atoms with Crippen molar-refractivity contribution in [1.82, 2.24) is 9.80 Å². The van der Waals surface area contributed by atoms with Gasteiger partial charge in [-0.2, -0.15) is 0 Å². The molecular weight excluding hydrogens is 440 g/mol. The number of hydrogen-bond donors (Lipinski definition) is 0. The van der Waals surface area contributed by atoms with Crippen LogP contribution in [0.5, 0.6) is 11.5 Å². The highest BCUT2D eigenvalue weighted by atomic mass is 16.5. The van der Waals surface area contributed by atoms with Gasteiger partial charge in [-0.05, 0) is 85.3 Å². The van der Waals surface area contributed by atoms with Crippen molar-refractivity contribution in [3.8, 4) is 11.5 Å². The molecule has 1 aromatic heterocycles. The number of nitrogens with zero attached hydrogens (tertiary/aromatic N) is 2. The Kier molecular flexibility index (Phi) is 7.09. The van der Waals surface area contributed by atoms with E-state index in [2.05, 4.69) is 35.2 Å². The van der Waals surface area contributed by atoms with Crippen molar-refractivity contribution in [3.05, 3.63) is 83.3 Å². The van der Waals surface area contributed by atoms with E-state index in [-0.39, 0.29) is 11.9 Å². The van der Waals surface area contributed by atoms with Crippen LogP contribution >= 0.6 is 0 Å². The van der Waals surface area contributed by atoms with E-state index in [0.29, 0.717) is 11.7 Å². The minimum Gasteiger partial charge on any atom is -0.497 e. The molecule has 0 spiro atoms. The molecule has 1 atom stereocenters. The highest BCUT2D eigenvalue weighted by Crippen LogP contribution is 2.30. The quantitative estimate of drug-likeness (QED) is 0.469. The maximum atomic E-state index is 13.2. The van der Waals surface area contributed by atoms with E-state index in [1.807, 2.05) is 24.1 Å². The molecule has 1 saturated heterocycles. The molecule has 3 heterocycles. The summed E-state index contributed by atoms with van der Waals surface area (Å²) in [6, 6.07) is 18.4. The number of rotatable bonds is 8. The number of methoxy groups -OCH3 is 1. The molecular formula is C29H34N2O4. The van der Waals surface area contributed by atoms with Gasteiger partial charge in [0.1, 0.15) is 11.5 Å². The smallest absolute Gasteiger partial charge is 0.289 e. The fraction of sp³-hybridized carbons (Fsp3) is 0.414. The summed E-state index contributed by atoms with van der Waals surface area (Å²) >= 11 is 0. The highest BCUT2D eigenvalue weighted by Gasteiger charge is 2.33. The molecule has 35 heavy (non-hydrogen) atoms. The molecule has 2 aromatic carbocycles. The van der Waals surface area contributed by atoms with E-state index in [9.17, 15) is 4.79 Å². The van der Waals surface area contributed by atoms with Gasteiger partial charge >= 0.3 is 0 Å². The van der Waals surface area contributed by atoms with Crippen molar-refractivity contribution >= 4 is 5.91 Å². The summed E-state index contributed by atoms with van der Waals surface area (Å²) in [5.74, 6) is 2.62. The monoisotopic (exact) mass is 474 g/mol. The van der Waals surface area contributed by atoms with Gasteiger partial charge in [0.05, 0.1) is 20.0 Å². The maximum Gasteiger partial charge on any atom is 0.289 e. The Bertz CT molecular complexity index is 1140. The van der Waals surface area contributed by atoms with Crippen LogP contribution in [0.1, 0.15) is 40.1 Å².